The molecule has 0 amide bonds. The van der Waals surface area contributed by atoms with Crippen molar-refractivity contribution in [3.05, 3.63) is 71.5 Å². The summed E-state index contributed by atoms with van der Waals surface area (Å²) in [4.78, 5) is 4.41. The highest BCUT2D eigenvalue weighted by Crippen LogP contribution is 2.26. The lowest BCUT2D eigenvalue weighted by molar-refractivity contribution is 0.807. The van der Waals surface area contributed by atoms with Gasteiger partial charge in [-0.1, -0.05) is 35.9 Å². The van der Waals surface area contributed by atoms with Crippen molar-refractivity contribution < 1.29 is 0 Å². The molecular weight excluding hydrogens is 270 g/mol. The average Bonchev–Trinajstić information content (AvgIpc) is 2.90. The number of rotatable bonds is 3. The summed E-state index contributed by atoms with van der Waals surface area (Å²) >= 11 is 6.24. The summed E-state index contributed by atoms with van der Waals surface area (Å²) in [6, 6.07) is 15.6. The van der Waals surface area contributed by atoms with Crippen molar-refractivity contribution in [1.29, 1.82) is 0 Å². The zero-order valence-electron chi connectivity index (χ0n) is 10.8. The van der Waals surface area contributed by atoms with Crippen molar-refractivity contribution in [2.45, 2.75) is 6.54 Å². The number of nitrogens with zero attached hydrogens (tertiary/aromatic N) is 2. The van der Waals surface area contributed by atoms with E-state index in [2.05, 4.69) is 9.55 Å². The van der Waals surface area contributed by atoms with Gasteiger partial charge in [0, 0.05) is 30.2 Å². The highest BCUT2D eigenvalue weighted by atomic mass is 35.5. The van der Waals surface area contributed by atoms with Gasteiger partial charge in [0.1, 0.15) is 5.82 Å². The van der Waals surface area contributed by atoms with Crippen LogP contribution in [-0.2, 0) is 6.54 Å². The molecule has 3 nitrogen and oxygen atoms in total. The Morgan fingerprint density at radius 2 is 1.80 bits per heavy atom. The Balaban J connectivity index is 1.95. The Kier molecular flexibility index (Phi) is 3.44. The van der Waals surface area contributed by atoms with Gasteiger partial charge in [0.05, 0.1) is 5.02 Å². The number of hydrogen-bond donors (Lipinski definition) is 1. The van der Waals surface area contributed by atoms with E-state index in [4.69, 9.17) is 17.3 Å². The van der Waals surface area contributed by atoms with Crippen molar-refractivity contribution in [2.75, 3.05) is 5.73 Å². The fraction of sp³-hybridized carbons (Fsp3) is 0.0625. The zero-order valence-corrected chi connectivity index (χ0v) is 11.6. The highest BCUT2D eigenvalue weighted by Gasteiger charge is 2.09. The van der Waals surface area contributed by atoms with Crippen LogP contribution < -0.4 is 5.73 Å². The summed E-state index contributed by atoms with van der Waals surface area (Å²) in [6.07, 6.45) is 3.74. The molecule has 1 heterocycles. The molecule has 4 heteroatoms. The fourth-order valence-corrected chi connectivity index (χ4v) is 2.36. The van der Waals surface area contributed by atoms with Crippen molar-refractivity contribution in [3.63, 3.8) is 0 Å². The highest BCUT2D eigenvalue weighted by molar-refractivity contribution is 6.33. The zero-order chi connectivity index (χ0) is 13.9. The number of imidazole rings is 1. The van der Waals surface area contributed by atoms with Crippen LogP contribution in [0.2, 0.25) is 5.02 Å². The van der Waals surface area contributed by atoms with Crippen molar-refractivity contribution in [2.24, 2.45) is 0 Å². The lowest BCUT2D eigenvalue weighted by Crippen LogP contribution is -2.01. The van der Waals surface area contributed by atoms with E-state index in [0.717, 1.165) is 23.6 Å². The minimum absolute atomic E-state index is 0.706. The molecule has 0 fully saturated rings. The van der Waals surface area contributed by atoms with Gasteiger partial charge in [-0.25, -0.2) is 4.98 Å². The summed E-state index contributed by atoms with van der Waals surface area (Å²) in [5.74, 6) is 0.868. The molecule has 0 spiro atoms. The van der Waals surface area contributed by atoms with Gasteiger partial charge in [-0.15, -0.1) is 0 Å². The van der Waals surface area contributed by atoms with E-state index in [-0.39, 0.29) is 0 Å². The third-order valence-electron chi connectivity index (χ3n) is 3.16. The monoisotopic (exact) mass is 283 g/mol. The molecule has 1 aromatic heterocycles. The maximum atomic E-state index is 6.24. The van der Waals surface area contributed by atoms with E-state index in [1.165, 1.54) is 5.56 Å². The molecule has 0 aliphatic heterocycles. The van der Waals surface area contributed by atoms with E-state index < -0.39 is 0 Å². The van der Waals surface area contributed by atoms with Crippen molar-refractivity contribution >= 4 is 17.3 Å². The first kappa shape index (κ1) is 12.8. The minimum Gasteiger partial charge on any atom is -0.399 e. The van der Waals surface area contributed by atoms with E-state index in [9.17, 15) is 0 Å². The SMILES string of the molecule is Nc1ccc(Cn2ccnc2-c2ccccc2Cl)cc1. The Labute approximate surface area is 122 Å². The van der Waals surface area contributed by atoms with Crippen LogP contribution in [0.15, 0.2) is 60.9 Å². The summed E-state index contributed by atoms with van der Waals surface area (Å²) in [5, 5.41) is 0.706. The van der Waals surface area contributed by atoms with Crippen molar-refractivity contribution in [1.82, 2.24) is 9.55 Å². The first-order valence-electron chi connectivity index (χ1n) is 6.34. The first-order chi connectivity index (χ1) is 9.74. The van der Waals surface area contributed by atoms with Gasteiger partial charge in [-0.05, 0) is 29.8 Å². The Hall–Kier alpha value is -2.26. The van der Waals surface area contributed by atoms with E-state index in [0.29, 0.717) is 5.02 Å². The fourth-order valence-electron chi connectivity index (χ4n) is 2.14. The topological polar surface area (TPSA) is 43.8 Å². The second-order valence-electron chi connectivity index (χ2n) is 4.60. The Morgan fingerprint density at radius 1 is 1.05 bits per heavy atom. The molecule has 0 saturated carbocycles. The summed E-state index contributed by atoms with van der Waals surface area (Å²) in [6.45, 7) is 0.737. The second kappa shape index (κ2) is 5.39. The third-order valence-corrected chi connectivity index (χ3v) is 3.49. The third kappa shape index (κ3) is 2.53. The lowest BCUT2D eigenvalue weighted by atomic mass is 10.2. The van der Waals surface area contributed by atoms with Gasteiger partial charge in [0.25, 0.3) is 0 Å². The maximum Gasteiger partial charge on any atom is 0.141 e. The van der Waals surface area contributed by atoms with Crippen LogP contribution in [0.3, 0.4) is 0 Å². The number of aromatic nitrogens is 2. The van der Waals surface area contributed by atoms with Crippen LogP contribution >= 0.6 is 11.6 Å². The average molecular weight is 284 g/mol. The molecule has 3 rings (SSSR count). The molecule has 0 saturated heterocycles. The molecule has 3 aromatic rings. The van der Waals surface area contributed by atoms with E-state index >= 15 is 0 Å². The molecule has 0 aliphatic rings. The molecule has 0 atom stereocenters. The van der Waals surface area contributed by atoms with E-state index in [1.807, 2.05) is 54.7 Å². The van der Waals surface area contributed by atoms with Gasteiger partial charge in [0.2, 0.25) is 0 Å². The predicted octanol–water partition coefficient (Wildman–Crippen LogP) is 3.83. The Bertz CT molecular complexity index is 717. The second-order valence-corrected chi connectivity index (χ2v) is 5.01. The molecule has 0 radical (unpaired) electrons. The van der Waals surface area contributed by atoms with Crippen LogP contribution in [-0.4, -0.2) is 9.55 Å². The molecule has 0 unspecified atom stereocenters. The van der Waals surface area contributed by atoms with Gasteiger partial charge in [0.15, 0.2) is 0 Å². The van der Waals surface area contributed by atoms with Gasteiger partial charge >= 0.3 is 0 Å². The van der Waals surface area contributed by atoms with E-state index in [1.54, 1.807) is 6.20 Å². The lowest BCUT2D eigenvalue weighted by Gasteiger charge is -2.09. The summed E-state index contributed by atoms with van der Waals surface area (Å²) < 4.78 is 2.08. The molecule has 2 N–H and O–H groups in total. The van der Waals surface area contributed by atoms with Crippen LogP contribution in [0, 0.1) is 0 Å². The number of halogens is 1. The van der Waals surface area contributed by atoms with Crippen molar-refractivity contribution in [3.8, 4) is 11.4 Å². The van der Waals surface area contributed by atoms with Crippen LogP contribution in [0.1, 0.15) is 5.56 Å². The summed E-state index contributed by atoms with van der Waals surface area (Å²) in [7, 11) is 0. The number of hydrogen-bond acceptors (Lipinski definition) is 2. The van der Waals surface area contributed by atoms with Crippen LogP contribution in [0.4, 0.5) is 5.69 Å². The standard InChI is InChI=1S/C16H14ClN3/c17-15-4-2-1-3-14(15)16-19-9-10-20(16)11-12-5-7-13(18)8-6-12/h1-10H,11,18H2. The minimum atomic E-state index is 0.706. The predicted molar refractivity (Wildman–Crippen MR) is 82.6 cm³/mol. The first-order valence-corrected chi connectivity index (χ1v) is 6.72. The van der Waals surface area contributed by atoms with Gasteiger partial charge in [-0.2, -0.15) is 0 Å². The number of nitrogens with two attached hydrogens (primary N) is 1. The summed E-state index contributed by atoms with van der Waals surface area (Å²) in [5.41, 5.74) is 8.58. The van der Waals surface area contributed by atoms with Crippen LogP contribution in [0.5, 0.6) is 0 Å². The molecule has 20 heavy (non-hydrogen) atoms. The molecule has 100 valence electrons. The smallest absolute Gasteiger partial charge is 0.141 e. The van der Waals surface area contributed by atoms with Gasteiger partial charge < -0.3 is 10.3 Å². The number of benzene rings is 2. The molecule has 2 aromatic carbocycles. The molecular formula is C16H14ClN3. The van der Waals surface area contributed by atoms with Crippen LogP contribution in [0.25, 0.3) is 11.4 Å². The van der Waals surface area contributed by atoms with Gasteiger partial charge in [-0.3, -0.25) is 0 Å². The molecule has 0 bridgehead atoms. The number of anilines is 1. The largest absolute Gasteiger partial charge is 0.399 e. The Morgan fingerprint density at radius 3 is 2.55 bits per heavy atom. The maximum absolute atomic E-state index is 6.24. The number of nitrogen functional groups attached to an aromatic ring is 1. The normalized spacial score (nSPS) is 10.7. The quantitative estimate of drug-likeness (QED) is 0.742. The molecule has 0 aliphatic carbocycles.